The summed E-state index contributed by atoms with van der Waals surface area (Å²) in [7, 11) is 0. The first kappa shape index (κ1) is 50.5. The van der Waals surface area contributed by atoms with E-state index in [4.69, 9.17) is 5.32 Å². The summed E-state index contributed by atoms with van der Waals surface area (Å²) < 4.78 is 51.2. The van der Waals surface area contributed by atoms with Crippen molar-refractivity contribution in [3.63, 3.8) is 0 Å². The summed E-state index contributed by atoms with van der Waals surface area (Å²) in [4.78, 5) is 0. The lowest BCUT2D eigenvalue weighted by molar-refractivity contribution is -0.137. The fourth-order valence-electron chi connectivity index (χ4n) is 14.8. The normalized spacial score (nSPS) is 15.1. The van der Waals surface area contributed by atoms with E-state index in [1.54, 1.807) is 12.1 Å². The average Bonchev–Trinajstić information content (AvgIpc) is 1.84. The molecule has 5 heterocycles. The van der Waals surface area contributed by atoms with E-state index in [1.165, 1.54) is 32.9 Å². The zero-order valence-corrected chi connectivity index (χ0v) is 47.4. The van der Waals surface area contributed by atoms with Crippen molar-refractivity contribution in [1.82, 2.24) is 23.6 Å². The number of rotatable bonds is 7. The van der Waals surface area contributed by atoms with Crippen molar-refractivity contribution in [2.45, 2.75) is 31.2 Å². The number of benzene rings is 12. The van der Waals surface area contributed by atoms with Crippen LogP contribution in [-0.2, 0) is 12.6 Å². The van der Waals surface area contributed by atoms with E-state index in [9.17, 15) is 13.2 Å². The van der Waals surface area contributed by atoms with Crippen LogP contribution in [0.4, 0.5) is 18.9 Å². The van der Waals surface area contributed by atoms with Gasteiger partial charge in [0.15, 0.2) is 0 Å². The first-order valence-corrected chi connectivity index (χ1v) is 30.0. The zero-order chi connectivity index (χ0) is 58.4. The summed E-state index contributed by atoms with van der Waals surface area (Å²) in [5.74, 6) is 0. The third kappa shape index (κ3) is 7.73. The molecule has 1 N–H and O–H groups in total. The Bertz CT molecular complexity index is 5540. The van der Waals surface area contributed by atoms with E-state index in [1.807, 2.05) is 12.1 Å². The van der Waals surface area contributed by atoms with Gasteiger partial charge in [0, 0.05) is 66.1 Å². The molecule has 16 aromatic rings. The number of hydrogen-bond acceptors (Lipinski definition) is 1. The fraction of sp³-hybridized carbons (Fsp3) is 0.0633. The van der Waals surface area contributed by atoms with Gasteiger partial charge in [0.2, 0.25) is 0 Å². The van der Waals surface area contributed by atoms with Gasteiger partial charge in [0.25, 0.3) is 0 Å². The number of allylic oxidation sites excluding steroid dienone is 1. The zero-order valence-electron chi connectivity index (χ0n) is 47.4. The molecule has 0 fully saturated rings. The summed E-state index contributed by atoms with van der Waals surface area (Å²) >= 11 is 0. The molecular formula is C79H52F3N6-. The topological polar surface area (TPSA) is 45.9 Å². The van der Waals surface area contributed by atoms with Crippen LogP contribution in [0.5, 0.6) is 0 Å². The van der Waals surface area contributed by atoms with Crippen molar-refractivity contribution in [1.29, 1.82) is 0 Å². The number of aromatic nitrogens is 4. The van der Waals surface area contributed by atoms with Crippen LogP contribution in [0, 0.1) is 0 Å². The number of halogens is 3. The van der Waals surface area contributed by atoms with Crippen molar-refractivity contribution in [2.75, 3.05) is 0 Å². The second kappa shape index (κ2) is 19.3. The van der Waals surface area contributed by atoms with Crippen LogP contribution >= 0.6 is 0 Å². The number of fused-ring (bicyclic) bond motifs is 15. The highest BCUT2D eigenvalue weighted by molar-refractivity contribution is 6.13. The molecule has 12 aromatic carbocycles. The molecule has 0 radical (unpaired) electrons. The summed E-state index contributed by atoms with van der Waals surface area (Å²) in [6.07, 6.45) is 1.64. The van der Waals surface area contributed by atoms with Gasteiger partial charge in [-0.05, 0) is 172 Å². The van der Waals surface area contributed by atoms with Crippen LogP contribution in [0.25, 0.3) is 132 Å². The molecular weight excluding hydrogens is 1090 g/mol. The summed E-state index contributed by atoms with van der Waals surface area (Å²) in [5.41, 5.74) is 19.3. The molecule has 9 heteroatoms. The maximum absolute atomic E-state index is 13.8. The summed E-state index contributed by atoms with van der Waals surface area (Å²) in [6, 6.07) is 90.4. The van der Waals surface area contributed by atoms with E-state index >= 15 is 0 Å². The predicted octanol–water partition coefficient (Wildman–Crippen LogP) is 21.1. The Hall–Kier alpha value is -10.9. The quantitative estimate of drug-likeness (QED) is 0.170. The molecule has 2 atom stereocenters. The molecule has 0 spiro atoms. The minimum absolute atomic E-state index is 0.366. The molecule has 2 aliphatic rings. The van der Waals surface area contributed by atoms with Crippen molar-refractivity contribution in [3.8, 4) is 33.9 Å². The third-order valence-corrected chi connectivity index (χ3v) is 18.6. The number of para-hydroxylation sites is 5. The van der Waals surface area contributed by atoms with Crippen LogP contribution < -0.4 is 5.32 Å². The smallest absolute Gasteiger partial charge is 0.416 e. The third-order valence-electron chi connectivity index (χ3n) is 18.6. The highest BCUT2D eigenvalue weighted by atomic mass is 19.4. The van der Waals surface area contributed by atoms with E-state index < -0.39 is 17.9 Å². The average molecular weight is 1140 g/mol. The minimum atomic E-state index is -4.44. The second-order valence-corrected chi connectivity index (χ2v) is 23.5. The molecule has 1 aliphatic carbocycles. The van der Waals surface area contributed by atoms with Gasteiger partial charge < -0.3 is 28.9 Å². The van der Waals surface area contributed by atoms with Crippen LogP contribution in [0.3, 0.4) is 0 Å². The minimum Gasteiger partial charge on any atom is -0.666 e. The molecule has 4 aromatic heterocycles. The predicted molar refractivity (Wildman–Crippen MR) is 355 cm³/mol. The lowest BCUT2D eigenvalue weighted by Gasteiger charge is -2.46. The fourth-order valence-corrected chi connectivity index (χ4v) is 14.8. The maximum Gasteiger partial charge on any atom is 0.416 e. The van der Waals surface area contributed by atoms with E-state index in [-0.39, 0.29) is 6.04 Å². The maximum atomic E-state index is 13.8. The van der Waals surface area contributed by atoms with Crippen LogP contribution in [0.15, 0.2) is 267 Å². The Labute approximate surface area is 503 Å². The van der Waals surface area contributed by atoms with Gasteiger partial charge in [-0.3, -0.25) is 0 Å². The number of alkyl halides is 3. The molecule has 0 amide bonds. The van der Waals surface area contributed by atoms with Gasteiger partial charge in [-0.15, -0.1) is 5.69 Å². The van der Waals surface area contributed by atoms with Gasteiger partial charge in [-0.1, -0.05) is 164 Å². The second-order valence-electron chi connectivity index (χ2n) is 23.5. The molecule has 18 rings (SSSR count). The highest BCUT2D eigenvalue weighted by Crippen LogP contribution is 2.49. The number of nitrogens with zero attached hydrogens (tertiary/aromatic N) is 5. The highest BCUT2D eigenvalue weighted by Gasteiger charge is 2.31. The molecule has 6 nitrogen and oxygen atoms in total. The first-order valence-electron chi connectivity index (χ1n) is 30.0. The van der Waals surface area contributed by atoms with Crippen molar-refractivity contribution in [3.05, 3.63) is 306 Å². The summed E-state index contributed by atoms with van der Waals surface area (Å²) in [5, 5.41) is 20.3. The molecule has 2 unspecified atom stereocenters. The molecule has 0 saturated heterocycles. The van der Waals surface area contributed by atoms with Crippen LogP contribution in [-0.4, -0.2) is 18.3 Å². The van der Waals surface area contributed by atoms with Gasteiger partial charge in [-0.25, -0.2) is 0 Å². The molecule has 0 bridgehead atoms. The number of hydrogen-bond donors (Lipinski definition) is 1. The lowest BCUT2D eigenvalue weighted by Crippen LogP contribution is -2.30. The van der Waals surface area contributed by atoms with E-state index in [2.05, 4.69) is 260 Å². The molecule has 88 heavy (non-hydrogen) atoms. The van der Waals surface area contributed by atoms with Gasteiger partial charge >= 0.3 is 6.18 Å². The Balaban J connectivity index is 0.859. The first-order chi connectivity index (χ1) is 43.3. The van der Waals surface area contributed by atoms with E-state index in [0.29, 0.717) is 5.56 Å². The molecule has 0 saturated carbocycles. The Kier molecular flexibility index (Phi) is 11.1. The van der Waals surface area contributed by atoms with Crippen molar-refractivity contribution < 1.29 is 13.2 Å². The number of aryl methyl sites for hydroxylation is 1. The van der Waals surface area contributed by atoms with Crippen molar-refractivity contribution in [2.24, 2.45) is 0 Å². The molecule has 420 valence electrons. The molecule has 1 aliphatic heterocycles. The van der Waals surface area contributed by atoms with Crippen LogP contribution in [0.1, 0.15) is 52.1 Å². The van der Waals surface area contributed by atoms with Crippen LogP contribution in [0.2, 0.25) is 0 Å². The summed E-state index contributed by atoms with van der Waals surface area (Å²) in [6.45, 7) is 0. The standard InChI is InChI=1S/C79H52F3N6/c80-79(81,82)53-35-32-48(33-36-53)50-17-15-18-51(42-50)77-76-58-19-2-1-16-49(58)34-39-67(76)83-78(84-77)52-43-56(87-72-30-13-7-24-63(72)65-46-54(37-40-74(65)87)85-68-26-9-3-20-59(68)60-21-4-10-27-69(60)85)45-57(44-52)88-73-31-14-8-25-64(73)66-47-55(38-41-75(66)88)86-70-28-11-5-22-61(70)62-23-6-12-29-71(62)86/h1-5,7-22,24-47,77-78,84H,6,23H2/q-1. The Morgan fingerprint density at radius 1 is 0.386 bits per heavy atom. The lowest BCUT2D eigenvalue weighted by atomic mass is 9.88. The Morgan fingerprint density at radius 3 is 1.50 bits per heavy atom. The largest absolute Gasteiger partial charge is 0.666 e. The monoisotopic (exact) mass is 1140 g/mol. The SMILES string of the molecule is FC(F)(F)c1ccc(-c2cccc(C3NC(c4cc(-n5c6ccccc6c6cc(-n7c8c(c9ccccc97)CCC=C8)ccc65)cc(-n5c6ccccc6c6cc(-n7c8ccccc8c8ccccc87)ccc65)c4)[N-]c4ccc5ccccc5c43)c2)cc1. The van der Waals surface area contributed by atoms with E-state index in [0.717, 1.165) is 141 Å². The van der Waals surface area contributed by atoms with Gasteiger partial charge in [0.1, 0.15) is 0 Å². The van der Waals surface area contributed by atoms with Crippen molar-refractivity contribution >= 4 is 98.9 Å². The Morgan fingerprint density at radius 2 is 0.898 bits per heavy atom. The van der Waals surface area contributed by atoms with Gasteiger partial charge in [-0.2, -0.15) is 13.2 Å². The number of nitrogens with one attached hydrogen (secondary N) is 1. The van der Waals surface area contributed by atoms with Gasteiger partial charge in [0.05, 0.1) is 50.2 Å².